The number of carbonyl (C=O) groups excluding carboxylic acids is 2. The third-order valence-electron chi connectivity index (χ3n) is 16.4. The summed E-state index contributed by atoms with van der Waals surface area (Å²) in [7, 11) is 0. The molecule has 1 aliphatic rings. The molecule has 1 amide bonds. The Morgan fingerprint density at radius 1 is 0.470 bits per heavy atom. The number of ether oxygens (including phenoxy) is 3. The third kappa shape index (κ3) is 47.2. The van der Waals surface area contributed by atoms with Crippen LogP contribution in [0.3, 0.4) is 0 Å². The summed E-state index contributed by atoms with van der Waals surface area (Å²) in [6, 6.07) is -1.04. The number of aliphatic hydroxyl groups is 5. The first kappa shape index (κ1) is 78.4. The molecule has 0 radical (unpaired) electrons. The summed E-state index contributed by atoms with van der Waals surface area (Å²) < 4.78 is 17.6. The molecule has 1 heterocycles. The molecule has 0 aromatic carbocycles. The number of carbonyl (C=O) groups is 2. The van der Waals surface area contributed by atoms with Crippen molar-refractivity contribution in [2.24, 2.45) is 0 Å². The molecule has 0 aromatic heterocycles. The summed E-state index contributed by atoms with van der Waals surface area (Å²) >= 11 is 0. The summed E-state index contributed by atoms with van der Waals surface area (Å²) in [5.41, 5.74) is 0. The van der Waals surface area contributed by atoms with Gasteiger partial charge in [0.25, 0.3) is 0 Å². The zero-order chi connectivity index (χ0) is 60.3. The maximum absolute atomic E-state index is 13.5. The number of aliphatic hydroxyl groups excluding tert-OH is 5. The van der Waals surface area contributed by atoms with Gasteiger partial charge in [-0.3, -0.25) is 9.59 Å². The predicted octanol–water partition coefficient (Wildman–Crippen LogP) is 17.7. The van der Waals surface area contributed by atoms with Crippen molar-refractivity contribution in [2.75, 3.05) is 13.2 Å². The summed E-state index contributed by atoms with van der Waals surface area (Å²) in [6.45, 7) is 5.77. The van der Waals surface area contributed by atoms with Crippen molar-refractivity contribution < 1.29 is 49.3 Å². The predicted molar refractivity (Wildman–Crippen MR) is 347 cm³/mol. The van der Waals surface area contributed by atoms with Gasteiger partial charge in [-0.15, -0.1) is 0 Å². The van der Waals surface area contributed by atoms with Crippen LogP contribution in [0.1, 0.15) is 323 Å². The van der Waals surface area contributed by atoms with Crippen molar-refractivity contribution in [3.63, 3.8) is 0 Å². The van der Waals surface area contributed by atoms with E-state index >= 15 is 0 Å². The molecule has 1 fully saturated rings. The van der Waals surface area contributed by atoms with Gasteiger partial charge in [0.15, 0.2) is 12.4 Å². The average Bonchev–Trinajstić information content (AvgIpc) is 3.58. The second kappa shape index (κ2) is 59.7. The van der Waals surface area contributed by atoms with E-state index in [0.29, 0.717) is 19.3 Å². The summed E-state index contributed by atoms with van der Waals surface area (Å²) in [5.74, 6) is -1.24. The van der Waals surface area contributed by atoms with E-state index in [1.54, 1.807) is 6.08 Å². The smallest absolute Gasteiger partial charge is 0.306 e. The fourth-order valence-corrected chi connectivity index (χ4v) is 10.9. The van der Waals surface area contributed by atoms with Crippen molar-refractivity contribution in [1.82, 2.24) is 5.32 Å². The highest BCUT2D eigenvalue weighted by molar-refractivity contribution is 5.80. The molecule has 0 saturated carbocycles. The fourth-order valence-electron chi connectivity index (χ4n) is 10.9. The topological polar surface area (TPSA) is 175 Å². The van der Waals surface area contributed by atoms with E-state index in [1.807, 2.05) is 12.2 Å². The van der Waals surface area contributed by atoms with E-state index in [0.717, 1.165) is 64.2 Å². The highest BCUT2D eigenvalue weighted by Crippen LogP contribution is 2.26. The summed E-state index contributed by atoms with van der Waals surface area (Å²) in [4.78, 5) is 26.6. The highest BCUT2D eigenvalue weighted by atomic mass is 16.7. The minimum absolute atomic E-state index is 0.0479. The van der Waals surface area contributed by atoms with Crippen molar-refractivity contribution in [2.45, 2.75) is 372 Å². The minimum atomic E-state index is -1.64. The molecule has 0 bridgehead atoms. The van der Waals surface area contributed by atoms with Crippen LogP contribution >= 0.6 is 0 Å². The molecule has 1 rings (SSSR count). The van der Waals surface area contributed by atoms with Crippen molar-refractivity contribution in [1.29, 1.82) is 0 Å². The van der Waals surface area contributed by atoms with E-state index in [-0.39, 0.29) is 19.4 Å². The van der Waals surface area contributed by atoms with Gasteiger partial charge in [-0.05, 0) is 64.2 Å². The zero-order valence-electron chi connectivity index (χ0n) is 53.8. The second-order valence-electron chi connectivity index (χ2n) is 24.3. The maximum atomic E-state index is 13.5. The van der Waals surface area contributed by atoms with Gasteiger partial charge in [-0.2, -0.15) is 0 Å². The summed E-state index contributed by atoms with van der Waals surface area (Å²) in [6.07, 6.45) is 65.6. The normalized spacial score (nSPS) is 18.9. The minimum Gasteiger partial charge on any atom is -0.454 e. The SMILES string of the molecule is CCCCC/C=C\C/C=C\C/C=C\C/C=C\CCCC(=O)OC1C(OCC(NC(=O)C(O)CCCCCCCCCCCCCCCCCCCCCCCCCC)C(O)/C=C/CCCCCCCCCCCCC)OC(CO)C(O)C1O. The molecular formula is C72H131NO10. The monoisotopic (exact) mass is 1170 g/mol. The van der Waals surface area contributed by atoms with Crippen LogP contribution < -0.4 is 5.32 Å². The lowest BCUT2D eigenvalue weighted by molar-refractivity contribution is -0.305. The van der Waals surface area contributed by atoms with Crippen molar-refractivity contribution >= 4 is 11.9 Å². The molecular weight excluding hydrogens is 1040 g/mol. The molecule has 484 valence electrons. The number of rotatable bonds is 60. The fraction of sp³-hybridized carbons (Fsp3) is 0.833. The molecule has 8 atom stereocenters. The Morgan fingerprint density at radius 2 is 0.831 bits per heavy atom. The first-order valence-electron chi connectivity index (χ1n) is 35.1. The Labute approximate surface area is 509 Å². The molecule has 11 heteroatoms. The number of hydrogen-bond acceptors (Lipinski definition) is 10. The van der Waals surface area contributed by atoms with Crippen LogP contribution in [0.15, 0.2) is 60.8 Å². The van der Waals surface area contributed by atoms with Gasteiger partial charge in [-0.25, -0.2) is 0 Å². The van der Waals surface area contributed by atoms with Crippen LogP contribution in [0.25, 0.3) is 0 Å². The van der Waals surface area contributed by atoms with Crippen LogP contribution in [-0.2, 0) is 23.8 Å². The number of esters is 1. The molecule has 6 N–H and O–H groups in total. The van der Waals surface area contributed by atoms with Gasteiger partial charge in [-0.1, -0.05) is 313 Å². The van der Waals surface area contributed by atoms with Gasteiger partial charge in [0, 0.05) is 6.42 Å². The summed E-state index contributed by atoms with van der Waals surface area (Å²) in [5, 5.41) is 57.2. The van der Waals surface area contributed by atoms with E-state index in [2.05, 4.69) is 68.6 Å². The Kier molecular flexibility index (Phi) is 56.4. The Morgan fingerprint density at radius 3 is 1.27 bits per heavy atom. The largest absolute Gasteiger partial charge is 0.454 e. The lowest BCUT2D eigenvalue weighted by Gasteiger charge is -2.41. The Balaban J connectivity index is 2.61. The maximum Gasteiger partial charge on any atom is 0.306 e. The second-order valence-corrected chi connectivity index (χ2v) is 24.3. The number of allylic oxidation sites excluding steroid dienone is 9. The van der Waals surface area contributed by atoms with Gasteiger partial charge in [0.1, 0.15) is 24.4 Å². The standard InChI is InChI=1S/C72H131NO10/c1-4-7-10-13-16-19-22-25-27-29-30-31-32-33-34-35-37-38-41-44-47-50-53-56-59-65(76)71(80)73-63(64(75)58-55-52-49-46-43-40-24-21-18-15-12-9-6-3)62-81-72-70(69(79)68(78)66(61-74)82-72)83-67(77)60-57-54-51-48-45-42-39-36-28-26-23-20-17-14-11-8-5-2/h17,20,26,28,39,42,48,51,55,58,63-66,68-70,72,74-76,78-79H,4-16,18-19,21-25,27,29-38,40-41,43-47,49-50,52-54,56-57,59-62H2,1-3H3,(H,73,80)/b20-17-,28-26-,42-39-,51-48-,58-55+. The van der Waals surface area contributed by atoms with E-state index in [4.69, 9.17) is 14.2 Å². The molecule has 1 aliphatic heterocycles. The number of amides is 1. The van der Waals surface area contributed by atoms with Gasteiger partial charge in [0.2, 0.25) is 5.91 Å². The molecule has 11 nitrogen and oxygen atoms in total. The first-order chi connectivity index (χ1) is 40.7. The first-order valence-corrected chi connectivity index (χ1v) is 35.1. The Hall–Kier alpha value is -2.64. The van der Waals surface area contributed by atoms with Crippen LogP contribution in [0.4, 0.5) is 0 Å². The lowest BCUT2D eigenvalue weighted by Crippen LogP contribution is -2.61. The highest BCUT2D eigenvalue weighted by Gasteiger charge is 2.47. The van der Waals surface area contributed by atoms with Crippen LogP contribution in [-0.4, -0.2) is 99.6 Å². The van der Waals surface area contributed by atoms with Gasteiger partial charge < -0.3 is 45.1 Å². The molecule has 0 aliphatic carbocycles. The van der Waals surface area contributed by atoms with E-state index < -0.39 is 67.4 Å². The quantitative estimate of drug-likeness (QED) is 0.0195. The molecule has 0 aromatic rings. The third-order valence-corrected chi connectivity index (χ3v) is 16.4. The number of hydrogen-bond donors (Lipinski definition) is 6. The van der Waals surface area contributed by atoms with E-state index in [1.165, 1.54) is 205 Å². The van der Waals surface area contributed by atoms with Crippen LogP contribution in [0.5, 0.6) is 0 Å². The number of nitrogens with one attached hydrogen (secondary N) is 1. The Bertz CT molecular complexity index is 1580. The van der Waals surface area contributed by atoms with E-state index in [9.17, 15) is 35.1 Å². The number of unbranched alkanes of at least 4 members (excludes halogenated alkanes) is 38. The van der Waals surface area contributed by atoms with Gasteiger partial charge >= 0.3 is 5.97 Å². The van der Waals surface area contributed by atoms with Crippen molar-refractivity contribution in [3.8, 4) is 0 Å². The lowest BCUT2D eigenvalue weighted by atomic mass is 9.99. The molecule has 8 unspecified atom stereocenters. The molecule has 83 heavy (non-hydrogen) atoms. The molecule has 0 spiro atoms. The molecule has 1 saturated heterocycles. The van der Waals surface area contributed by atoms with Gasteiger partial charge in [0.05, 0.1) is 25.4 Å². The van der Waals surface area contributed by atoms with Crippen molar-refractivity contribution in [3.05, 3.63) is 60.8 Å². The average molecular weight is 1170 g/mol. The van der Waals surface area contributed by atoms with Crippen LogP contribution in [0, 0.1) is 0 Å². The van der Waals surface area contributed by atoms with Crippen LogP contribution in [0.2, 0.25) is 0 Å². The zero-order valence-corrected chi connectivity index (χ0v) is 53.8.